The molecule has 33 heavy (non-hydrogen) atoms. The average Bonchev–Trinajstić information content (AvgIpc) is 3.04. The average molecular weight is 472 g/mol. The van der Waals surface area contributed by atoms with Crippen molar-refractivity contribution in [2.75, 3.05) is 11.9 Å². The van der Waals surface area contributed by atoms with Crippen LogP contribution in [-0.2, 0) is 11.3 Å². The lowest BCUT2D eigenvalue weighted by atomic mass is 10.2. The summed E-state index contributed by atoms with van der Waals surface area (Å²) < 4.78 is 0. The van der Waals surface area contributed by atoms with Crippen LogP contribution in [0.3, 0.4) is 0 Å². The van der Waals surface area contributed by atoms with Gasteiger partial charge < -0.3 is 15.7 Å². The number of amides is 1. The van der Waals surface area contributed by atoms with E-state index in [4.69, 9.17) is 11.6 Å². The lowest BCUT2D eigenvalue weighted by Gasteiger charge is -2.16. The minimum absolute atomic E-state index is 0.0378. The number of allylic oxidation sites excluding steroid dienone is 8. The number of halogens is 1. The van der Waals surface area contributed by atoms with Gasteiger partial charge in [-0.15, -0.1) is 0 Å². The number of nitrogens with one attached hydrogen (secondary N) is 3. The van der Waals surface area contributed by atoms with Gasteiger partial charge in [0.05, 0.1) is 0 Å². The highest BCUT2D eigenvalue weighted by Crippen LogP contribution is 2.13. The molecule has 1 aromatic carbocycles. The first-order valence-electron chi connectivity index (χ1n) is 11.6. The summed E-state index contributed by atoms with van der Waals surface area (Å²) in [5.74, 6) is 0.0378. The predicted octanol–water partition coefficient (Wildman–Crippen LogP) is 5.92. The molecule has 1 aliphatic carbocycles. The van der Waals surface area contributed by atoms with Crippen molar-refractivity contribution in [3.8, 4) is 0 Å². The van der Waals surface area contributed by atoms with Gasteiger partial charge in [-0.3, -0.25) is 10.1 Å². The van der Waals surface area contributed by atoms with Gasteiger partial charge >= 0.3 is 0 Å². The number of hydrogen-bond acceptors (Lipinski definition) is 4. The lowest BCUT2D eigenvalue weighted by Crippen LogP contribution is -2.37. The molecule has 1 unspecified atom stereocenters. The van der Waals surface area contributed by atoms with E-state index in [-0.39, 0.29) is 5.91 Å². The number of anilines is 1. The third-order valence-electron chi connectivity index (χ3n) is 4.61. The van der Waals surface area contributed by atoms with E-state index in [9.17, 15) is 9.90 Å². The van der Waals surface area contributed by atoms with Gasteiger partial charge in [-0.1, -0.05) is 80.1 Å². The van der Waals surface area contributed by atoms with Gasteiger partial charge in [-0.25, -0.2) is 0 Å². The fourth-order valence-electron chi connectivity index (χ4n) is 2.85. The number of carbonyl (C=O) groups excluding carboxylic acids is 1. The number of aliphatic hydroxyl groups is 1. The van der Waals surface area contributed by atoms with E-state index < -0.39 is 6.35 Å². The molecule has 1 atom stereocenters. The molecule has 0 aliphatic heterocycles. The number of hydrogen-bond donors (Lipinski definition) is 4. The topological polar surface area (TPSA) is 73.4 Å². The first-order valence-corrected chi connectivity index (χ1v) is 12.0. The molecular weight excluding hydrogens is 434 g/mol. The van der Waals surface area contributed by atoms with E-state index in [0.29, 0.717) is 19.5 Å². The Hall–Kier alpha value is -2.60. The molecule has 1 aromatic rings. The predicted molar refractivity (Wildman–Crippen MR) is 141 cm³/mol. The molecule has 0 heterocycles. The van der Waals surface area contributed by atoms with Crippen LogP contribution in [0.15, 0.2) is 83.5 Å². The van der Waals surface area contributed by atoms with Crippen LogP contribution in [0.2, 0.25) is 0 Å². The van der Waals surface area contributed by atoms with Crippen LogP contribution in [0.1, 0.15) is 52.0 Å². The van der Waals surface area contributed by atoms with E-state index in [2.05, 4.69) is 34.2 Å². The molecular formula is C27H38ClN3O2. The Bertz CT molecular complexity index is 839. The number of rotatable bonds is 12. The second kappa shape index (κ2) is 17.9. The van der Waals surface area contributed by atoms with Gasteiger partial charge in [0.1, 0.15) is 0 Å². The molecule has 180 valence electrons. The highest BCUT2D eigenvalue weighted by Gasteiger charge is 2.05. The summed E-state index contributed by atoms with van der Waals surface area (Å²) in [5.41, 5.74) is 2.85. The van der Waals surface area contributed by atoms with E-state index >= 15 is 0 Å². The van der Waals surface area contributed by atoms with E-state index in [0.717, 1.165) is 41.1 Å². The fourth-order valence-corrected chi connectivity index (χ4v) is 3.00. The second-order valence-corrected chi connectivity index (χ2v) is 7.59. The third-order valence-corrected chi connectivity index (χ3v) is 4.89. The fraction of sp³-hybridized carbons (Fsp3) is 0.370. The minimum atomic E-state index is -0.882. The quantitative estimate of drug-likeness (QED) is 0.225. The molecule has 0 radical (unpaired) electrons. The Morgan fingerprint density at radius 3 is 2.58 bits per heavy atom. The van der Waals surface area contributed by atoms with Crippen LogP contribution < -0.4 is 16.0 Å². The summed E-state index contributed by atoms with van der Waals surface area (Å²) in [4.78, 5) is 11.9. The minimum Gasteiger partial charge on any atom is -0.361 e. The van der Waals surface area contributed by atoms with Crippen molar-refractivity contribution >= 4 is 23.2 Å². The van der Waals surface area contributed by atoms with E-state index in [1.54, 1.807) is 0 Å². The van der Waals surface area contributed by atoms with Gasteiger partial charge in [0.25, 0.3) is 0 Å². The van der Waals surface area contributed by atoms with Gasteiger partial charge in [0.2, 0.25) is 5.91 Å². The molecule has 1 amide bonds. The van der Waals surface area contributed by atoms with Gasteiger partial charge in [-0.05, 0) is 55.5 Å². The van der Waals surface area contributed by atoms with E-state index in [1.165, 1.54) is 0 Å². The Balaban J connectivity index is 0.00000265. The Labute approximate surface area is 204 Å². The highest BCUT2D eigenvalue weighted by molar-refractivity contribution is 6.31. The van der Waals surface area contributed by atoms with Gasteiger partial charge in [0, 0.05) is 30.2 Å². The maximum Gasteiger partial charge on any atom is 0.220 e. The molecule has 0 aromatic heterocycles. The standard InChI is InChI=1S/C25H32ClN3O2.C2H6/c1-2-3-4-5-6-7-11-24(30)27-18-21-13-16-23(17-14-21)29-25(31)28-19-20-9-8-10-22(26)15-12-20;1-2/h2-3,5-6,9-10,12-17,25,28-29,31H,4,7-8,11,18-19H2,1H3,(H,27,30);1-2H3/b3-2-,6-5-;. The Morgan fingerprint density at radius 2 is 1.85 bits per heavy atom. The monoisotopic (exact) mass is 471 g/mol. The maximum absolute atomic E-state index is 11.9. The van der Waals surface area contributed by atoms with Crippen LogP contribution >= 0.6 is 11.6 Å². The summed E-state index contributed by atoms with van der Waals surface area (Å²) in [5, 5.41) is 19.9. The first-order chi connectivity index (χ1) is 16.1. The van der Waals surface area contributed by atoms with E-state index in [1.807, 2.05) is 75.4 Å². The summed E-state index contributed by atoms with van der Waals surface area (Å²) in [7, 11) is 0. The maximum atomic E-state index is 11.9. The second-order valence-electron chi connectivity index (χ2n) is 7.15. The van der Waals surface area contributed by atoms with Crippen molar-refractivity contribution in [3.63, 3.8) is 0 Å². The number of carbonyl (C=O) groups is 1. The van der Waals surface area contributed by atoms with Crippen LogP contribution in [0.4, 0.5) is 5.69 Å². The lowest BCUT2D eigenvalue weighted by molar-refractivity contribution is -0.121. The molecule has 1 aliphatic rings. The molecule has 6 heteroatoms. The van der Waals surface area contributed by atoms with Crippen molar-refractivity contribution in [3.05, 3.63) is 89.0 Å². The smallest absolute Gasteiger partial charge is 0.220 e. The third kappa shape index (κ3) is 13.5. The first kappa shape index (κ1) is 28.4. The van der Waals surface area contributed by atoms with Crippen LogP contribution in [0.5, 0.6) is 0 Å². The zero-order valence-electron chi connectivity index (χ0n) is 20.0. The summed E-state index contributed by atoms with van der Waals surface area (Å²) in [6, 6.07) is 7.61. The number of benzene rings is 1. The van der Waals surface area contributed by atoms with Crippen molar-refractivity contribution in [2.45, 2.75) is 59.4 Å². The zero-order valence-corrected chi connectivity index (χ0v) is 20.7. The van der Waals surface area contributed by atoms with Gasteiger partial charge in [0.15, 0.2) is 6.35 Å². The van der Waals surface area contributed by atoms with Crippen LogP contribution in [0.25, 0.3) is 0 Å². The molecule has 0 saturated carbocycles. The Morgan fingerprint density at radius 1 is 1.09 bits per heavy atom. The number of aliphatic hydroxyl groups excluding tert-OH is 1. The Kier molecular flexibility index (Phi) is 15.4. The van der Waals surface area contributed by atoms with Crippen molar-refractivity contribution in [1.82, 2.24) is 10.6 Å². The largest absolute Gasteiger partial charge is 0.361 e. The van der Waals surface area contributed by atoms with Crippen LogP contribution in [-0.4, -0.2) is 23.9 Å². The highest BCUT2D eigenvalue weighted by atomic mass is 35.5. The molecule has 0 saturated heterocycles. The zero-order chi connectivity index (χ0) is 24.3. The molecule has 2 rings (SSSR count). The van der Waals surface area contributed by atoms with Gasteiger partial charge in [-0.2, -0.15) is 0 Å². The molecule has 0 spiro atoms. The molecule has 4 N–H and O–H groups in total. The molecule has 0 bridgehead atoms. The molecule has 0 fully saturated rings. The summed E-state index contributed by atoms with van der Waals surface area (Å²) >= 11 is 5.98. The van der Waals surface area contributed by atoms with Crippen molar-refractivity contribution in [2.24, 2.45) is 0 Å². The summed E-state index contributed by atoms with van der Waals surface area (Å²) in [6.45, 7) is 7.00. The SMILES string of the molecule is C/C=C\C/C=C\CCC(=O)NCc1ccc(NC(O)NCC2=CCC=C(Cl)C=C2)cc1.CC. The molecule has 5 nitrogen and oxygen atoms in total. The summed E-state index contributed by atoms with van der Waals surface area (Å²) in [6.07, 6.45) is 18.0. The van der Waals surface area contributed by atoms with Crippen molar-refractivity contribution in [1.29, 1.82) is 0 Å². The van der Waals surface area contributed by atoms with Crippen molar-refractivity contribution < 1.29 is 9.90 Å². The normalized spacial score (nSPS) is 14.2. The van der Waals surface area contributed by atoms with Crippen LogP contribution in [0, 0.1) is 0 Å².